The Balaban J connectivity index is 1.24. The lowest BCUT2D eigenvalue weighted by Gasteiger charge is -2.23. The molecular weight excluding hydrogens is 566 g/mol. The maximum absolute atomic E-state index is 13.3. The Morgan fingerprint density at radius 1 is 0.756 bits per heavy atom. The predicted molar refractivity (Wildman–Crippen MR) is 174 cm³/mol. The van der Waals surface area contributed by atoms with Crippen LogP contribution in [0.1, 0.15) is 31.8 Å². The monoisotopic (exact) mass is 599 g/mol. The van der Waals surface area contributed by atoms with Crippen molar-refractivity contribution in [3.05, 3.63) is 156 Å². The fourth-order valence-corrected chi connectivity index (χ4v) is 4.89. The van der Waals surface area contributed by atoms with Crippen molar-refractivity contribution in [2.24, 2.45) is 0 Å². The van der Waals surface area contributed by atoms with Crippen molar-refractivity contribution >= 4 is 29.0 Å². The first-order valence-corrected chi connectivity index (χ1v) is 14.6. The van der Waals surface area contributed by atoms with E-state index in [0.29, 0.717) is 41.1 Å². The molecule has 0 saturated heterocycles. The number of para-hydroxylation sites is 2. The molecule has 4 aromatic carbocycles. The number of nitrogens with one attached hydrogen (secondary N) is 1. The summed E-state index contributed by atoms with van der Waals surface area (Å²) in [6, 6.07) is 35.6. The highest BCUT2D eigenvalue weighted by molar-refractivity contribution is 6.12. The SMILES string of the molecule is COC(=O)C(Cc1ccc(OCCN(C(=O)c2ccncc2)c2ccccc2)cc1)Nc1ccccc1C(=O)c1ccccc1. The Bertz CT molecular complexity index is 1710. The number of carbonyl (C=O) groups is 3. The van der Waals surface area contributed by atoms with E-state index in [0.717, 1.165) is 11.3 Å². The van der Waals surface area contributed by atoms with Crippen LogP contribution in [-0.4, -0.2) is 48.9 Å². The summed E-state index contributed by atoms with van der Waals surface area (Å²) in [4.78, 5) is 44.9. The summed E-state index contributed by atoms with van der Waals surface area (Å²) in [5, 5.41) is 3.23. The fraction of sp³-hybridized carbons (Fsp3) is 0.135. The standard InChI is InChI=1S/C37H33N3O5/c1-44-37(43)34(39-33-15-9-8-14-32(33)35(41)28-10-4-2-5-11-28)26-27-16-18-31(19-17-27)45-25-24-40(30-12-6-3-7-13-30)36(42)29-20-22-38-23-21-29/h2-23,34,39H,24-26H2,1H3. The van der Waals surface area contributed by atoms with Gasteiger partial charge in [-0.3, -0.25) is 14.6 Å². The Morgan fingerprint density at radius 3 is 2.09 bits per heavy atom. The highest BCUT2D eigenvalue weighted by Crippen LogP contribution is 2.23. The first-order chi connectivity index (χ1) is 22.0. The molecule has 1 heterocycles. The van der Waals surface area contributed by atoms with E-state index in [4.69, 9.17) is 9.47 Å². The van der Waals surface area contributed by atoms with E-state index >= 15 is 0 Å². The van der Waals surface area contributed by atoms with Crippen molar-refractivity contribution in [2.75, 3.05) is 30.5 Å². The smallest absolute Gasteiger partial charge is 0.328 e. The van der Waals surface area contributed by atoms with E-state index < -0.39 is 12.0 Å². The molecule has 0 aliphatic carbocycles. The van der Waals surface area contributed by atoms with E-state index in [1.807, 2.05) is 78.9 Å². The maximum Gasteiger partial charge on any atom is 0.328 e. The van der Waals surface area contributed by atoms with Crippen LogP contribution in [0.3, 0.4) is 0 Å². The number of benzene rings is 4. The number of pyridine rings is 1. The van der Waals surface area contributed by atoms with Gasteiger partial charge < -0.3 is 19.7 Å². The number of methoxy groups -OCH3 is 1. The molecular formula is C37H33N3O5. The summed E-state index contributed by atoms with van der Waals surface area (Å²) in [6.07, 6.45) is 3.51. The van der Waals surface area contributed by atoms with Gasteiger partial charge in [0.25, 0.3) is 5.91 Å². The summed E-state index contributed by atoms with van der Waals surface area (Å²) >= 11 is 0. The number of rotatable bonds is 13. The van der Waals surface area contributed by atoms with E-state index in [1.54, 1.807) is 59.8 Å². The highest BCUT2D eigenvalue weighted by Gasteiger charge is 2.23. The fourth-order valence-electron chi connectivity index (χ4n) is 4.89. The second-order valence-corrected chi connectivity index (χ2v) is 10.2. The van der Waals surface area contributed by atoms with Gasteiger partial charge in [0.15, 0.2) is 5.78 Å². The van der Waals surface area contributed by atoms with Crippen LogP contribution < -0.4 is 15.0 Å². The van der Waals surface area contributed by atoms with Gasteiger partial charge in [0.05, 0.1) is 13.7 Å². The molecule has 1 N–H and O–H groups in total. The van der Waals surface area contributed by atoms with Gasteiger partial charge in [-0.15, -0.1) is 0 Å². The Morgan fingerprint density at radius 2 is 1.40 bits per heavy atom. The van der Waals surface area contributed by atoms with E-state index in [-0.39, 0.29) is 18.3 Å². The van der Waals surface area contributed by atoms with Crippen LogP contribution >= 0.6 is 0 Å². The normalized spacial score (nSPS) is 11.2. The summed E-state index contributed by atoms with van der Waals surface area (Å²) < 4.78 is 11.1. The lowest BCUT2D eigenvalue weighted by atomic mass is 10.00. The maximum atomic E-state index is 13.3. The van der Waals surface area contributed by atoms with Gasteiger partial charge in [0.1, 0.15) is 18.4 Å². The third kappa shape index (κ3) is 8.00. The quantitative estimate of drug-likeness (QED) is 0.127. The molecule has 0 aliphatic heterocycles. The molecule has 5 aromatic rings. The third-order valence-electron chi connectivity index (χ3n) is 7.21. The summed E-state index contributed by atoms with van der Waals surface area (Å²) in [5.41, 5.74) is 3.76. The van der Waals surface area contributed by atoms with Crippen LogP contribution in [0.4, 0.5) is 11.4 Å². The highest BCUT2D eigenvalue weighted by atomic mass is 16.5. The van der Waals surface area contributed by atoms with E-state index in [1.165, 1.54) is 7.11 Å². The lowest BCUT2D eigenvalue weighted by Crippen LogP contribution is -2.34. The molecule has 1 amide bonds. The molecule has 8 heteroatoms. The van der Waals surface area contributed by atoms with Gasteiger partial charge in [-0.1, -0.05) is 72.8 Å². The number of aromatic nitrogens is 1. The average Bonchev–Trinajstić information content (AvgIpc) is 3.11. The molecule has 8 nitrogen and oxygen atoms in total. The largest absolute Gasteiger partial charge is 0.492 e. The molecule has 45 heavy (non-hydrogen) atoms. The predicted octanol–water partition coefficient (Wildman–Crippen LogP) is 6.23. The van der Waals surface area contributed by atoms with Crippen molar-refractivity contribution in [3.8, 4) is 5.75 Å². The zero-order valence-electron chi connectivity index (χ0n) is 24.8. The number of esters is 1. The van der Waals surface area contributed by atoms with Crippen molar-refractivity contribution in [2.45, 2.75) is 12.5 Å². The van der Waals surface area contributed by atoms with Gasteiger partial charge in [-0.2, -0.15) is 0 Å². The van der Waals surface area contributed by atoms with Crippen LogP contribution in [-0.2, 0) is 16.0 Å². The number of hydrogen-bond acceptors (Lipinski definition) is 7. The first kappa shape index (κ1) is 30.7. The lowest BCUT2D eigenvalue weighted by molar-refractivity contribution is -0.141. The molecule has 0 spiro atoms. The summed E-state index contributed by atoms with van der Waals surface area (Å²) in [7, 11) is 1.34. The van der Waals surface area contributed by atoms with Crippen molar-refractivity contribution in [1.29, 1.82) is 0 Å². The van der Waals surface area contributed by atoms with E-state index in [9.17, 15) is 14.4 Å². The molecule has 1 aromatic heterocycles. The number of anilines is 2. The minimum absolute atomic E-state index is 0.142. The average molecular weight is 600 g/mol. The molecule has 0 radical (unpaired) electrons. The van der Waals surface area contributed by atoms with Crippen LogP contribution in [0.2, 0.25) is 0 Å². The van der Waals surface area contributed by atoms with Gasteiger partial charge >= 0.3 is 5.97 Å². The molecule has 0 aliphatic rings. The zero-order valence-corrected chi connectivity index (χ0v) is 24.8. The van der Waals surface area contributed by atoms with Gasteiger partial charge in [0.2, 0.25) is 0 Å². The van der Waals surface area contributed by atoms with Crippen molar-refractivity contribution in [3.63, 3.8) is 0 Å². The molecule has 1 atom stereocenters. The van der Waals surface area contributed by atoms with Crippen LogP contribution in [0.5, 0.6) is 5.75 Å². The Hall–Kier alpha value is -5.76. The number of hydrogen-bond donors (Lipinski definition) is 1. The van der Waals surface area contributed by atoms with Crippen molar-refractivity contribution < 1.29 is 23.9 Å². The van der Waals surface area contributed by atoms with Crippen LogP contribution in [0, 0.1) is 0 Å². The molecule has 1 unspecified atom stereocenters. The van der Waals surface area contributed by atoms with Crippen LogP contribution in [0.25, 0.3) is 0 Å². The minimum Gasteiger partial charge on any atom is -0.492 e. The Kier molecular flexibility index (Phi) is 10.3. The number of ether oxygens (including phenoxy) is 2. The molecule has 0 saturated carbocycles. The van der Waals surface area contributed by atoms with E-state index in [2.05, 4.69) is 10.3 Å². The number of nitrogens with zero attached hydrogens (tertiary/aromatic N) is 2. The number of carbonyl (C=O) groups excluding carboxylic acids is 3. The molecule has 0 fully saturated rings. The topological polar surface area (TPSA) is 97.8 Å². The second-order valence-electron chi connectivity index (χ2n) is 10.2. The summed E-state index contributed by atoms with van der Waals surface area (Å²) in [5.74, 6) is -0.102. The number of amides is 1. The Labute approximate surface area is 262 Å². The second kappa shape index (κ2) is 15.1. The first-order valence-electron chi connectivity index (χ1n) is 14.6. The van der Waals surface area contributed by atoms with Gasteiger partial charge in [-0.05, 0) is 54.1 Å². The minimum atomic E-state index is -0.731. The summed E-state index contributed by atoms with van der Waals surface area (Å²) in [6.45, 7) is 0.603. The molecule has 0 bridgehead atoms. The molecule has 226 valence electrons. The van der Waals surface area contributed by atoms with Gasteiger partial charge in [-0.25, -0.2) is 4.79 Å². The third-order valence-corrected chi connectivity index (χ3v) is 7.21. The van der Waals surface area contributed by atoms with Crippen molar-refractivity contribution in [1.82, 2.24) is 4.98 Å². The molecule has 5 rings (SSSR count). The zero-order chi connectivity index (χ0) is 31.4. The van der Waals surface area contributed by atoms with Crippen LogP contribution in [0.15, 0.2) is 134 Å². The van der Waals surface area contributed by atoms with Gasteiger partial charge in [0, 0.05) is 46.9 Å². The number of ketones is 1.